The molecule has 0 saturated heterocycles. The maximum absolute atomic E-state index is 11.7. The highest BCUT2D eigenvalue weighted by Crippen LogP contribution is 2.30. The SMILES string of the molecule is C[Si](C)(O)CCCOc1ccc(C(=O)O)c(-c2ccc(-c3ccc(C#N)cc3)cc2)c1. The number of nitriles is 1. The lowest BCUT2D eigenvalue weighted by Gasteiger charge is -2.15. The van der Waals surface area contributed by atoms with Crippen LogP contribution in [0, 0.1) is 11.3 Å². The molecule has 5 nitrogen and oxygen atoms in total. The first kappa shape index (κ1) is 22.3. The third-order valence-electron chi connectivity index (χ3n) is 4.97. The Labute approximate surface area is 183 Å². The summed E-state index contributed by atoms with van der Waals surface area (Å²) in [5.74, 6) is -0.390. The van der Waals surface area contributed by atoms with Crippen LogP contribution >= 0.6 is 0 Å². The summed E-state index contributed by atoms with van der Waals surface area (Å²) in [6.07, 6.45) is 0.755. The van der Waals surface area contributed by atoms with E-state index in [4.69, 9.17) is 10.00 Å². The molecule has 0 unspecified atom stereocenters. The zero-order valence-corrected chi connectivity index (χ0v) is 18.6. The first-order chi connectivity index (χ1) is 14.8. The van der Waals surface area contributed by atoms with Gasteiger partial charge in [-0.25, -0.2) is 4.79 Å². The van der Waals surface area contributed by atoms with Crippen molar-refractivity contribution >= 4 is 14.3 Å². The number of nitrogens with zero attached hydrogens (tertiary/aromatic N) is 1. The average Bonchev–Trinajstić information content (AvgIpc) is 2.76. The van der Waals surface area contributed by atoms with Crippen LogP contribution in [0.2, 0.25) is 19.1 Å². The second-order valence-corrected chi connectivity index (χ2v) is 12.2. The van der Waals surface area contributed by atoms with E-state index in [0.29, 0.717) is 23.5 Å². The van der Waals surface area contributed by atoms with E-state index in [1.807, 2.05) is 49.5 Å². The number of carbonyl (C=O) groups is 1. The van der Waals surface area contributed by atoms with Crippen molar-refractivity contribution in [3.05, 3.63) is 77.9 Å². The molecular weight excluding hydrogens is 406 g/mol. The molecule has 0 heterocycles. The second-order valence-electron chi connectivity index (χ2n) is 8.04. The summed E-state index contributed by atoms with van der Waals surface area (Å²) in [6.45, 7) is 4.27. The van der Waals surface area contributed by atoms with E-state index in [2.05, 4.69) is 6.07 Å². The van der Waals surface area contributed by atoms with Gasteiger partial charge >= 0.3 is 5.97 Å². The number of hydrogen-bond acceptors (Lipinski definition) is 4. The number of ether oxygens (including phenoxy) is 1. The van der Waals surface area contributed by atoms with Crippen LogP contribution in [0.3, 0.4) is 0 Å². The van der Waals surface area contributed by atoms with Gasteiger partial charge in [-0.05, 0) is 78.1 Å². The molecule has 0 aliphatic rings. The molecule has 158 valence electrons. The molecular formula is C25H25NO4Si. The lowest BCUT2D eigenvalue weighted by Crippen LogP contribution is -2.25. The van der Waals surface area contributed by atoms with Crippen molar-refractivity contribution in [2.24, 2.45) is 0 Å². The smallest absolute Gasteiger partial charge is 0.336 e. The minimum Gasteiger partial charge on any atom is -0.494 e. The molecule has 0 radical (unpaired) electrons. The minimum absolute atomic E-state index is 0.211. The van der Waals surface area contributed by atoms with Gasteiger partial charge in [-0.1, -0.05) is 36.4 Å². The highest BCUT2D eigenvalue weighted by Gasteiger charge is 2.16. The average molecular weight is 432 g/mol. The van der Waals surface area contributed by atoms with E-state index in [1.54, 1.807) is 30.3 Å². The molecule has 0 fully saturated rings. The van der Waals surface area contributed by atoms with Crippen LogP contribution in [0.1, 0.15) is 22.3 Å². The van der Waals surface area contributed by atoms with Crippen LogP contribution in [0.15, 0.2) is 66.7 Å². The van der Waals surface area contributed by atoms with Crippen LogP contribution in [0.25, 0.3) is 22.3 Å². The van der Waals surface area contributed by atoms with Gasteiger partial charge in [-0.3, -0.25) is 0 Å². The summed E-state index contributed by atoms with van der Waals surface area (Å²) in [4.78, 5) is 21.7. The Balaban J connectivity index is 1.82. The number of carboxylic acid groups (broad SMARTS) is 1. The Kier molecular flexibility index (Phi) is 6.90. The molecule has 2 N–H and O–H groups in total. The minimum atomic E-state index is -2.10. The van der Waals surface area contributed by atoms with Gasteiger partial charge < -0.3 is 14.6 Å². The van der Waals surface area contributed by atoms with Crippen molar-refractivity contribution in [1.29, 1.82) is 5.26 Å². The molecule has 0 bridgehead atoms. The quantitative estimate of drug-likeness (QED) is 0.360. The molecule has 31 heavy (non-hydrogen) atoms. The van der Waals surface area contributed by atoms with Gasteiger partial charge in [-0.2, -0.15) is 5.26 Å². The number of aromatic carboxylic acids is 1. The van der Waals surface area contributed by atoms with Crippen molar-refractivity contribution in [3.63, 3.8) is 0 Å². The number of rotatable bonds is 8. The van der Waals surface area contributed by atoms with Gasteiger partial charge in [0.25, 0.3) is 0 Å². The van der Waals surface area contributed by atoms with E-state index in [1.165, 1.54) is 0 Å². The predicted octanol–water partition coefficient (Wildman–Crippen LogP) is 5.56. The molecule has 0 amide bonds. The lowest BCUT2D eigenvalue weighted by molar-refractivity contribution is 0.0697. The molecule has 6 heteroatoms. The van der Waals surface area contributed by atoms with Gasteiger partial charge in [0.15, 0.2) is 8.32 Å². The fourth-order valence-corrected chi connectivity index (χ4v) is 4.32. The molecule has 0 aromatic heterocycles. The summed E-state index contributed by atoms with van der Waals surface area (Å²) in [5, 5.41) is 18.6. The van der Waals surface area contributed by atoms with Crippen LogP contribution < -0.4 is 4.74 Å². The fourth-order valence-electron chi connectivity index (χ4n) is 3.31. The molecule has 3 aromatic rings. The number of carboxylic acids is 1. The molecule has 0 aliphatic carbocycles. The van der Waals surface area contributed by atoms with E-state index in [9.17, 15) is 14.7 Å². The molecule has 0 spiro atoms. The summed E-state index contributed by atoms with van der Waals surface area (Å²) < 4.78 is 5.81. The van der Waals surface area contributed by atoms with Gasteiger partial charge in [0, 0.05) is 0 Å². The van der Waals surface area contributed by atoms with E-state index in [-0.39, 0.29) is 5.56 Å². The summed E-state index contributed by atoms with van der Waals surface area (Å²) in [5.41, 5.74) is 4.15. The lowest BCUT2D eigenvalue weighted by atomic mass is 9.96. The van der Waals surface area contributed by atoms with E-state index in [0.717, 1.165) is 29.2 Å². The van der Waals surface area contributed by atoms with Crippen molar-refractivity contribution in [2.45, 2.75) is 25.6 Å². The highest BCUT2D eigenvalue weighted by atomic mass is 28.4. The van der Waals surface area contributed by atoms with Crippen LogP contribution in [-0.2, 0) is 0 Å². The molecule has 3 aromatic carbocycles. The monoisotopic (exact) mass is 431 g/mol. The van der Waals surface area contributed by atoms with E-state index < -0.39 is 14.3 Å². The zero-order valence-electron chi connectivity index (χ0n) is 17.6. The van der Waals surface area contributed by atoms with Crippen LogP contribution in [-0.4, -0.2) is 30.8 Å². The summed E-state index contributed by atoms with van der Waals surface area (Å²) in [7, 11) is -2.10. The Morgan fingerprint density at radius 2 is 1.55 bits per heavy atom. The van der Waals surface area contributed by atoms with Gasteiger partial charge in [0.1, 0.15) is 5.75 Å². The fraction of sp³-hybridized carbons (Fsp3) is 0.200. The highest BCUT2D eigenvalue weighted by molar-refractivity contribution is 6.69. The van der Waals surface area contributed by atoms with Crippen molar-refractivity contribution < 1.29 is 19.4 Å². The Bertz CT molecular complexity index is 1090. The van der Waals surface area contributed by atoms with E-state index >= 15 is 0 Å². The number of hydrogen-bond donors (Lipinski definition) is 2. The third kappa shape index (κ3) is 6.04. The van der Waals surface area contributed by atoms with Crippen LogP contribution in [0.4, 0.5) is 0 Å². The molecule has 0 atom stereocenters. The van der Waals surface area contributed by atoms with Crippen LogP contribution in [0.5, 0.6) is 5.75 Å². The second kappa shape index (κ2) is 9.60. The standard InChI is InChI=1S/C25H25NO4Si/c1-31(2,29)15-3-14-30-22-12-13-23(25(27)28)24(16-22)21-10-8-20(9-11-21)19-6-4-18(17-26)5-7-19/h4-13,16,29H,3,14-15H2,1-2H3,(H,27,28). The van der Waals surface area contributed by atoms with Crippen molar-refractivity contribution in [2.75, 3.05) is 6.61 Å². The summed E-state index contributed by atoms with van der Waals surface area (Å²) >= 11 is 0. The van der Waals surface area contributed by atoms with Gasteiger partial charge in [-0.15, -0.1) is 0 Å². The third-order valence-corrected chi connectivity index (χ3v) is 6.54. The molecule has 0 saturated carbocycles. The normalized spacial score (nSPS) is 11.0. The largest absolute Gasteiger partial charge is 0.494 e. The maximum Gasteiger partial charge on any atom is 0.336 e. The summed E-state index contributed by atoms with van der Waals surface area (Å²) in [6, 6.07) is 22.8. The molecule has 0 aliphatic heterocycles. The Morgan fingerprint density at radius 1 is 0.968 bits per heavy atom. The van der Waals surface area contributed by atoms with Gasteiger partial charge in [0.2, 0.25) is 0 Å². The first-order valence-corrected chi connectivity index (χ1v) is 13.3. The number of benzene rings is 3. The topological polar surface area (TPSA) is 90.6 Å². The van der Waals surface area contributed by atoms with Crippen molar-refractivity contribution in [3.8, 4) is 34.1 Å². The Morgan fingerprint density at radius 3 is 2.10 bits per heavy atom. The zero-order chi connectivity index (χ0) is 22.4. The first-order valence-electron chi connectivity index (χ1n) is 10.1. The molecule has 3 rings (SSSR count). The van der Waals surface area contributed by atoms with Gasteiger partial charge in [0.05, 0.1) is 23.8 Å². The van der Waals surface area contributed by atoms with Crippen molar-refractivity contribution in [1.82, 2.24) is 0 Å². The predicted molar refractivity (Wildman–Crippen MR) is 124 cm³/mol. The maximum atomic E-state index is 11.7. The Hall–Kier alpha value is -3.40.